The molecular weight excluding hydrogens is 957 g/mol. The Balaban J connectivity index is 0.000000760. The lowest BCUT2D eigenvalue weighted by Crippen LogP contribution is -2.61. The van der Waals surface area contributed by atoms with Crippen LogP contribution in [0.5, 0.6) is 0 Å². The Morgan fingerprint density at radius 1 is 0.500 bits per heavy atom. The highest BCUT2D eigenvalue weighted by Gasteiger charge is 2.44. The van der Waals surface area contributed by atoms with Crippen molar-refractivity contribution in [3.05, 3.63) is 93.1 Å². The number of ether oxygens (including phenoxy) is 2. The van der Waals surface area contributed by atoms with Gasteiger partial charge in [-0.1, -0.05) is 168 Å². The third kappa shape index (κ3) is 19.0. The zero-order chi connectivity index (χ0) is 59.2. The molecule has 76 heavy (non-hydrogen) atoms. The standard InChI is InChI=1S/2C31H51N3O4/c2*1-14-38-29(37)22(6)18-24(19(2)3)34(13)28(36)26(30(7,8)9)33-27(35)25(32-12)31(10,11)23-16-20(4)15-21(5)17-23/h2*15-19,24-26,32H,14H2,1-13H3,(H,33,35)/b2*22-18+/t24-,25+,26-;24-,25-,26-/m11/s1. The van der Waals surface area contributed by atoms with Gasteiger partial charge in [0.1, 0.15) is 12.1 Å². The minimum Gasteiger partial charge on any atom is -0.463 e. The van der Waals surface area contributed by atoms with Gasteiger partial charge in [-0.3, -0.25) is 19.2 Å². The van der Waals surface area contributed by atoms with Crippen LogP contribution in [0.4, 0.5) is 0 Å². The van der Waals surface area contributed by atoms with E-state index in [2.05, 4.69) is 85.4 Å². The van der Waals surface area contributed by atoms with Gasteiger partial charge in [-0.05, 0) is 103 Å². The molecule has 428 valence electrons. The van der Waals surface area contributed by atoms with Crippen molar-refractivity contribution < 1.29 is 38.2 Å². The van der Waals surface area contributed by atoms with Crippen molar-refractivity contribution in [2.75, 3.05) is 41.4 Å². The normalized spacial score (nSPS) is 15.1. The smallest absolute Gasteiger partial charge is 0.333 e. The number of hydrogen-bond donors (Lipinski definition) is 4. The maximum absolute atomic E-state index is 13.9. The van der Waals surface area contributed by atoms with Crippen LogP contribution in [0.3, 0.4) is 0 Å². The van der Waals surface area contributed by atoms with Crippen molar-refractivity contribution in [1.29, 1.82) is 0 Å². The summed E-state index contributed by atoms with van der Waals surface area (Å²) in [7, 11) is 6.99. The Bertz CT molecular complexity index is 2160. The number of hydrogen-bond acceptors (Lipinski definition) is 10. The summed E-state index contributed by atoms with van der Waals surface area (Å²) < 4.78 is 10.3. The number of nitrogens with zero attached hydrogens (tertiary/aromatic N) is 2. The topological polar surface area (TPSA) is 175 Å². The highest BCUT2D eigenvalue weighted by Crippen LogP contribution is 2.33. The van der Waals surface area contributed by atoms with E-state index >= 15 is 0 Å². The summed E-state index contributed by atoms with van der Waals surface area (Å²) in [5, 5.41) is 12.6. The fraction of sp³-hybridized carbons (Fsp3) is 0.645. The molecule has 0 aliphatic rings. The number of esters is 2. The van der Waals surface area contributed by atoms with Crippen LogP contribution in [0, 0.1) is 50.4 Å². The average molecular weight is 1060 g/mol. The van der Waals surface area contributed by atoms with Crippen LogP contribution in [-0.2, 0) is 49.1 Å². The molecule has 0 heterocycles. The van der Waals surface area contributed by atoms with Gasteiger partial charge in [0.05, 0.1) is 37.4 Å². The van der Waals surface area contributed by atoms with E-state index in [-0.39, 0.29) is 60.8 Å². The van der Waals surface area contributed by atoms with E-state index in [1.807, 2.05) is 96.9 Å². The minimum atomic E-state index is -0.775. The largest absolute Gasteiger partial charge is 0.463 e. The van der Waals surface area contributed by atoms with Crippen LogP contribution in [-0.4, -0.2) is 123 Å². The summed E-state index contributed by atoms with van der Waals surface area (Å²) in [6.07, 6.45) is 3.56. The van der Waals surface area contributed by atoms with Gasteiger partial charge in [0, 0.05) is 36.1 Å². The van der Waals surface area contributed by atoms with Crippen LogP contribution in [0.15, 0.2) is 59.7 Å². The number of likely N-dealkylation sites (N-methyl/N-ethyl adjacent to an activating group) is 4. The fourth-order valence-electron chi connectivity index (χ4n) is 9.76. The molecule has 0 spiro atoms. The Kier molecular flexibility index (Phi) is 26.1. The number of aryl methyl sites for hydroxylation is 4. The molecule has 0 aromatic heterocycles. The number of nitrogens with one attached hydrogen (secondary N) is 4. The molecule has 2 aromatic carbocycles. The van der Waals surface area contributed by atoms with Gasteiger partial charge in [0.2, 0.25) is 23.6 Å². The average Bonchev–Trinajstić information content (AvgIpc) is 3.28. The molecule has 14 heteroatoms. The highest BCUT2D eigenvalue weighted by atomic mass is 16.5. The van der Waals surface area contributed by atoms with Gasteiger partial charge in [0.15, 0.2) is 0 Å². The highest BCUT2D eigenvalue weighted by molar-refractivity contribution is 5.93. The lowest BCUT2D eigenvalue weighted by Gasteiger charge is -2.40. The van der Waals surface area contributed by atoms with Crippen molar-refractivity contribution in [2.24, 2.45) is 22.7 Å². The van der Waals surface area contributed by atoms with E-state index < -0.39 is 57.8 Å². The van der Waals surface area contributed by atoms with Crippen molar-refractivity contribution in [1.82, 2.24) is 31.1 Å². The summed E-state index contributed by atoms with van der Waals surface area (Å²) >= 11 is 0. The fourth-order valence-corrected chi connectivity index (χ4v) is 9.76. The molecule has 0 fully saturated rings. The van der Waals surface area contributed by atoms with Gasteiger partial charge >= 0.3 is 11.9 Å². The van der Waals surface area contributed by atoms with Gasteiger partial charge in [-0.15, -0.1) is 0 Å². The Hall–Kier alpha value is -5.34. The second-order valence-corrected chi connectivity index (χ2v) is 24.8. The SMILES string of the molecule is CCOC(=O)/C(C)=C/[C@H](C(C)C)N(C)C(=O)[C@@H](NC(=O)[C@@H](NC)C(C)(C)c1cc(C)cc(C)c1)C(C)(C)C.CCOC(=O)/C(C)=C/[C@H](C(C)C)N(C)C(=O)[C@@H](NC(=O)[C@H](NC)C(C)(C)c1cc(C)cc(C)c1)C(C)(C)C. The molecular formula is C62H102N6O8. The van der Waals surface area contributed by atoms with Crippen LogP contribution >= 0.6 is 0 Å². The predicted octanol–water partition coefficient (Wildman–Crippen LogP) is 9.38. The molecule has 0 bridgehead atoms. The van der Waals surface area contributed by atoms with Crippen molar-refractivity contribution in [3.63, 3.8) is 0 Å². The lowest BCUT2D eigenvalue weighted by molar-refractivity contribution is -0.141. The Labute approximate surface area is 459 Å². The zero-order valence-electron chi connectivity index (χ0n) is 51.8. The maximum Gasteiger partial charge on any atom is 0.333 e. The first-order valence-electron chi connectivity index (χ1n) is 27.1. The Morgan fingerprint density at radius 2 is 0.763 bits per heavy atom. The minimum absolute atomic E-state index is 0.0400. The molecule has 14 nitrogen and oxygen atoms in total. The van der Waals surface area contributed by atoms with E-state index in [0.29, 0.717) is 11.1 Å². The molecule has 0 saturated carbocycles. The number of carbonyl (C=O) groups excluding carboxylic acids is 6. The van der Waals surface area contributed by atoms with Crippen LogP contribution < -0.4 is 21.3 Å². The summed E-state index contributed by atoms with van der Waals surface area (Å²) in [4.78, 5) is 83.1. The second-order valence-electron chi connectivity index (χ2n) is 24.8. The van der Waals surface area contributed by atoms with Crippen molar-refractivity contribution >= 4 is 35.6 Å². The van der Waals surface area contributed by atoms with Gasteiger partial charge in [-0.25, -0.2) is 9.59 Å². The lowest BCUT2D eigenvalue weighted by atomic mass is 9.76. The number of carbonyl (C=O) groups is 6. The third-order valence-corrected chi connectivity index (χ3v) is 14.3. The summed E-state index contributed by atoms with van der Waals surface area (Å²) in [5.74, 6) is -1.62. The van der Waals surface area contributed by atoms with Crippen LogP contribution in [0.2, 0.25) is 0 Å². The quantitative estimate of drug-likeness (QED) is 0.0657. The molecule has 6 atom stereocenters. The molecule has 0 saturated heterocycles. The molecule has 0 aliphatic carbocycles. The van der Waals surface area contributed by atoms with Crippen LogP contribution in [0.25, 0.3) is 0 Å². The number of amides is 4. The summed E-state index contributed by atoms with van der Waals surface area (Å²) in [6.45, 7) is 43.5. The van der Waals surface area contributed by atoms with Crippen molar-refractivity contribution in [2.45, 2.75) is 199 Å². The van der Waals surface area contributed by atoms with E-state index in [4.69, 9.17) is 9.47 Å². The monoisotopic (exact) mass is 1060 g/mol. The Morgan fingerprint density at radius 3 is 0.974 bits per heavy atom. The van der Waals surface area contributed by atoms with Gasteiger partial charge in [0.25, 0.3) is 0 Å². The van der Waals surface area contributed by atoms with Crippen molar-refractivity contribution in [3.8, 4) is 0 Å². The molecule has 4 amide bonds. The number of benzene rings is 2. The first kappa shape index (κ1) is 68.7. The summed E-state index contributed by atoms with van der Waals surface area (Å²) in [5.41, 5.74) is 5.39. The van der Waals surface area contributed by atoms with E-state index in [1.165, 1.54) is 0 Å². The predicted molar refractivity (Wildman–Crippen MR) is 310 cm³/mol. The van der Waals surface area contributed by atoms with Crippen LogP contribution in [0.1, 0.15) is 158 Å². The first-order valence-corrected chi connectivity index (χ1v) is 27.1. The van der Waals surface area contributed by atoms with E-state index in [0.717, 1.165) is 33.4 Å². The summed E-state index contributed by atoms with van der Waals surface area (Å²) in [6, 6.07) is 9.27. The molecule has 0 aliphatic heterocycles. The molecule has 2 aromatic rings. The zero-order valence-corrected chi connectivity index (χ0v) is 51.8. The van der Waals surface area contributed by atoms with Gasteiger partial charge in [-0.2, -0.15) is 0 Å². The van der Waals surface area contributed by atoms with E-state index in [9.17, 15) is 28.8 Å². The maximum atomic E-state index is 13.9. The second kappa shape index (κ2) is 28.9. The third-order valence-electron chi connectivity index (χ3n) is 14.3. The number of rotatable bonds is 22. The van der Waals surface area contributed by atoms with E-state index in [1.54, 1.807) is 77.8 Å². The molecule has 4 N–H and O–H groups in total. The van der Waals surface area contributed by atoms with Gasteiger partial charge < -0.3 is 40.5 Å². The molecule has 0 radical (unpaired) electrons. The molecule has 2 rings (SSSR count). The molecule has 0 unspecified atom stereocenters. The first-order chi connectivity index (χ1) is 34.8.